The van der Waals surface area contributed by atoms with Gasteiger partial charge < -0.3 is 0 Å². The van der Waals surface area contributed by atoms with Gasteiger partial charge in [0, 0.05) is 0 Å². The third-order valence-electron chi connectivity index (χ3n) is 1.69. The monoisotopic (exact) mass is 114 g/mol. The molecule has 0 unspecified atom stereocenters. The van der Waals surface area contributed by atoms with Crippen LogP contribution in [0.1, 0.15) is 13.8 Å². The Bertz CT molecular complexity index is 58.9. The van der Waals surface area contributed by atoms with Gasteiger partial charge in [-0.3, -0.25) is 9.80 Å². The van der Waals surface area contributed by atoms with Crippen LogP contribution in [0.25, 0.3) is 0 Å². The fourth-order valence-electron chi connectivity index (χ4n) is 0.924. The summed E-state index contributed by atoms with van der Waals surface area (Å²) in [6, 6.07) is 0. The lowest BCUT2D eigenvalue weighted by molar-refractivity contribution is -0.0212. The van der Waals surface area contributed by atoms with Crippen molar-refractivity contribution < 1.29 is 0 Å². The van der Waals surface area contributed by atoms with Gasteiger partial charge in [-0.05, 0) is 13.1 Å². The summed E-state index contributed by atoms with van der Waals surface area (Å²) in [4.78, 5) is 4.81. The normalized spacial score (nSPS) is 23.2. The Hall–Kier alpha value is -0.0800. The first-order valence-corrected chi connectivity index (χ1v) is 3.31. The van der Waals surface area contributed by atoms with E-state index in [2.05, 4.69) is 23.6 Å². The van der Waals surface area contributed by atoms with Crippen molar-refractivity contribution in [1.29, 1.82) is 0 Å². The van der Waals surface area contributed by atoms with Crippen molar-refractivity contribution in [2.75, 3.05) is 26.4 Å². The van der Waals surface area contributed by atoms with Gasteiger partial charge in [0.1, 0.15) is 0 Å². The van der Waals surface area contributed by atoms with Gasteiger partial charge in [0.05, 0.1) is 13.3 Å². The lowest BCUT2D eigenvalue weighted by Gasteiger charge is -2.41. The maximum atomic E-state index is 2.41. The molecule has 8 heavy (non-hydrogen) atoms. The molecule has 2 heteroatoms. The summed E-state index contributed by atoms with van der Waals surface area (Å²) in [7, 11) is 0. The largest absolute Gasteiger partial charge is 0.278 e. The zero-order valence-corrected chi connectivity index (χ0v) is 5.72. The minimum atomic E-state index is 1.19. The summed E-state index contributed by atoms with van der Waals surface area (Å²) in [5, 5.41) is 0. The summed E-state index contributed by atoms with van der Waals surface area (Å²) >= 11 is 0. The van der Waals surface area contributed by atoms with Crippen LogP contribution in [0.5, 0.6) is 0 Å². The van der Waals surface area contributed by atoms with Crippen LogP contribution >= 0.6 is 0 Å². The molecule has 1 saturated heterocycles. The molecule has 0 atom stereocenters. The molecule has 0 aromatic heterocycles. The molecular weight excluding hydrogens is 100 g/mol. The molecule has 1 fully saturated rings. The second-order valence-corrected chi connectivity index (χ2v) is 2.26. The molecule has 0 aromatic carbocycles. The first-order valence-electron chi connectivity index (χ1n) is 3.31. The molecule has 48 valence electrons. The van der Waals surface area contributed by atoms with Gasteiger partial charge in [-0.25, -0.2) is 0 Å². The molecule has 0 bridgehead atoms. The molecule has 1 rings (SSSR count). The van der Waals surface area contributed by atoms with Crippen molar-refractivity contribution in [3.63, 3.8) is 0 Å². The van der Waals surface area contributed by atoms with Crippen molar-refractivity contribution in [1.82, 2.24) is 9.80 Å². The molecule has 1 aliphatic rings. The summed E-state index contributed by atoms with van der Waals surface area (Å²) in [5.74, 6) is 0. The number of rotatable bonds is 2. The van der Waals surface area contributed by atoms with Gasteiger partial charge in [-0.15, -0.1) is 0 Å². The fourth-order valence-corrected chi connectivity index (χ4v) is 0.924. The first-order chi connectivity index (χ1) is 3.86. The molecule has 1 aliphatic heterocycles. The summed E-state index contributed by atoms with van der Waals surface area (Å²) in [6.07, 6.45) is 0. The SMILES string of the molecule is CCN1CN(CC)C1. The lowest BCUT2D eigenvalue weighted by atomic mass is 10.4. The van der Waals surface area contributed by atoms with Crippen LogP contribution in [0.15, 0.2) is 0 Å². The maximum absolute atomic E-state index is 2.41. The third-order valence-corrected chi connectivity index (χ3v) is 1.69. The Balaban J connectivity index is 2.03. The Kier molecular flexibility index (Phi) is 1.86. The van der Waals surface area contributed by atoms with Crippen molar-refractivity contribution in [2.24, 2.45) is 0 Å². The standard InChI is InChI=1S/C6H14N2/c1-3-7-5-8(4-2)6-7/h3-6H2,1-2H3. The topological polar surface area (TPSA) is 6.48 Å². The van der Waals surface area contributed by atoms with E-state index >= 15 is 0 Å². The van der Waals surface area contributed by atoms with E-state index in [-0.39, 0.29) is 0 Å². The average Bonchev–Trinajstić information content (AvgIpc) is 1.65. The number of hydrogen-bond acceptors (Lipinski definition) is 2. The number of nitrogens with zero attached hydrogens (tertiary/aromatic N) is 2. The molecular formula is C6H14N2. The molecule has 0 radical (unpaired) electrons. The van der Waals surface area contributed by atoms with Crippen LogP contribution in [0, 0.1) is 0 Å². The minimum Gasteiger partial charge on any atom is -0.278 e. The molecule has 0 amide bonds. The van der Waals surface area contributed by atoms with E-state index in [0.29, 0.717) is 0 Å². The van der Waals surface area contributed by atoms with Crippen molar-refractivity contribution in [2.45, 2.75) is 13.8 Å². The van der Waals surface area contributed by atoms with Gasteiger partial charge in [0.25, 0.3) is 0 Å². The van der Waals surface area contributed by atoms with E-state index in [1.807, 2.05) is 0 Å². The van der Waals surface area contributed by atoms with E-state index < -0.39 is 0 Å². The Morgan fingerprint density at radius 3 is 1.62 bits per heavy atom. The van der Waals surface area contributed by atoms with Crippen LogP contribution in [-0.4, -0.2) is 36.2 Å². The highest BCUT2D eigenvalue weighted by Gasteiger charge is 2.18. The molecule has 0 spiro atoms. The second-order valence-electron chi connectivity index (χ2n) is 2.26. The Morgan fingerprint density at radius 2 is 1.38 bits per heavy atom. The summed E-state index contributed by atoms with van der Waals surface area (Å²) in [5.41, 5.74) is 0. The molecule has 1 heterocycles. The van der Waals surface area contributed by atoms with Gasteiger partial charge in [-0.1, -0.05) is 13.8 Å². The summed E-state index contributed by atoms with van der Waals surface area (Å²) in [6.45, 7) is 9.19. The molecule has 0 aromatic rings. The highest BCUT2D eigenvalue weighted by atomic mass is 15.5. The van der Waals surface area contributed by atoms with Crippen molar-refractivity contribution in [3.8, 4) is 0 Å². The zero-order valence-electron chi connectivity index (χ0n) is 5.72. The Morgan fingerprint density at radius 1 is 1.00 bits per heavy atom. The second kappa shape index (κ2) is 2.46. The quantitative estimate of drug-likeness (QED) is 0.517. The Labute approximate surface area is 51.1 Å². The predicted octanol–water partition coefficient (Wildman–Crippen LogP) is 0.559. The minimum absolute atomic E-state index is 1.19. The van der Waals surface area contributed by atoms with E-state index in [4.69, 9.17) is 0 Å². The molecule has 0 aliphatic carbocycles. The van der Waals surface area contributed by atoms with Crippen molar-refractivity contribution >= 4 is 0 Å². The van der Waals surface area contributed by atoms with Crippen molar-refractivity contribution in [3.05, 3.63) is 0 Å². The highest BCUT2D eigenvalue weighted by Crippen LogP contribution is 2.05. The smallest absolute Gasteiger partial charge is 0.0529 e. The van der Waals surface area contributed by atoms with E-state index in [1.165, 1.54) is 26.4 Å². The fraction of sp³-hybridized carbons (Fsp3) is 1.00. The maximum Gasteiger partial charge on any atom is 0.0529 e. The van der Waals surface area contributed by atoms with Crippen LogP contribution in [0.3, 0.4) is 0 Å². The van der Waals surface area contributed by atoms with E-state index in [1.54, 1.807) is 0 Å². The molecule has 0 N–H and O–H groups in total. The lowest BCUT2D eigenvalue weighted by Crippen LogP contribution is -2.54. The van der Waals surface area contributed by atoms with Crippen LogP contribution in [0.4, 0.5) is 0 Å². The van der Waals surface area contributed by atoms with Crippen LogP contribution < -0.4 is 0 Å². The highest BCUT2D eigenvalue weighted by molar-refractivity contribution is 4.65. The van der Waals surface area contributed by atoms with Gasteiger partial charge >= 0.3 is 0 Å². The van der Waals surface area contributed by atoms with Crippen LogP contribution in [0.2, 0.25) is 0 Å². The first kappa shape index (κ1) is 6.05. The predicted molar refractivity (Wildman–Crippen MR) is 34.5 cm³/mol. The van der Waals surface area contributed by atoms with E-state index in [0.717, 1.165) is 0 Å². The molecule has 2 nitrogen and oxygen atoms in total. The van der Waals surface area contributed by atoms with Gasteiger partial charge in [-0.2, -0.15) is 0 Å². The zero-order chi connectivity index (χ0) is 5.98. The summed E-state index contributed by atoms with van der Waals surface area (Å²) < 4.78 is 0. The third kappa shape index (κ3) is 1.01. The average molecular weight is 114 g/mol. The van der Waals surface area contributed by atoms with Gasteiger partial charge in [0.2, 0.25) is 0 Å². The molecule has 0 saturated carbocycles. The van der Waals surface area contributed by atoms with E-state index in [9.17, 15) is 0 Å². The number of hydrogen-bond donors (Lipinski definition) is 0. The van der Waals surface area contributed by atoms with Gasteiger partial charge in [0.15, 0.2) is 0 Å². The van der Waals surface area contributed by atoms with Crippen LogP contribution in [-0.2, 0) is 0 Å².